The summed E-state index contributed by atoms with van der Waals surface area (Å²) in [6, 6.07) is 14.9. The van der Waals surface area contributed by atoms with E-state index in [1.165, 1.54) is 11.6 Å². The van der Waals surface area contributed by atoms with Crippen LogP contribution in [0, 0.1) is 0 Å². The molecule has 0 radical (unpaired) electrons. The summed E-state index contributed by atoms with van der Waals surface area (Å²) < 4.78 is 11.0. The highest BCUT2D eigenvalue weighted by atomic mass is 16.5. The monoisotopic (exact) mass is 363 g/mol. The van der Waals surface area contributed by atoms with Gasteiger partial charge in [-0.1, -0.05) is 25.1 Å². The number of fused-ring (bicyclic) bond motifs is 2. The van der Waals surface area contributed by atoms with Gasteiger partial charge in [0.15, 0.2) is 6.61 Å². The van der Waals surface area contributed by atoms with E-state index in [1.54, 1.807) is 17.0 Å². The summed E-state index contributed by atoms with van der Waals surface area (Å²) in [4.78, 5) is 26.2. The van der Waals surface area contributed by atoms with E-state index < -0.39 is 0 Å². The molecule has 27 heavy (non-hydrogen) atoms. The average Bonchev–Trinajstić information content (AvgIpc) is 3.00. The van der Waals surface area contributed by atoms with Crippen LogP contribution in [0.15, 0.2) is 57.7 Å². The molecule has 0 unspecified atom stereocenters. The largest absolute Gasteiger partial charge is 0.484 e. The Morgan fingerprint density at radius 2 is 2.04 bits per heavy atom. The van der Waals surface area contributed by atoms with Crippen LogP contribution in [-0.4, -0.2) is 18.6 Å². The molecule has 5 nitrogen and oxygen atoms in total. The first-order chi connectivity index (χ1) is 13.1. The SMILES string of the molecule is CCc1cc(=O)oc2cc(OCC(=O)N3c4ccccc4C[C@H]3C)ccc12. The zero-order valence-corrected chi connectivity index (χ0v) is 15.4. The number of hydrogen-bond donors (Lipinski definition) is 0. The summed E-state index contributed by atoms with van der Waals surface area (Å²) in [5.74, 6) is 0.420. The number of rotatable bonds is 4. The maximum Gasteiger partial charge on any atom is 0.336 e. The van der Waals surface area contributed by atoms with E-state index in [1.807, 2.05) is 38.1 Å². The van der Waals surface area contributed by atoms with E-state index >= 15 is 0 Å². The topological polar surface area (TPSA) is 59.8 Å². The number of ether oxygens (including phenoxy) is 1. The van der Waals surface area contributed by atoms with Crippen LogP contribution in [-0.2, 0) is 17.6 Å². The minimum absolute atomic E-state index is 0.0676. The number of aryl methyl sites for hydroxylation is 1. The van der Waals surface area contributed by atoms with Crippen LogP contribution in [0.4, 0.5) is 5.69 Å². The van der Waals surface area contributed by atoms with Gasteiger partial charge in [-0.05, 0) is 49.1 Å². The van der Waals surface area contributed by atoms with E-state index in [9.17, 15) is 9.59 Å². The second-order valence-electron chi connectivity index (χ2n) is 6.84. The van der Waals surface area contributed by atoms with Gasteiger partial charge in [-0.15, -0.1) is 0 Å². The minimum atomic E-state index is -0.380. The third kappa shape index (κ3) is 3.21. The fourth-order valence-corrected chi connectivity index (χ4v) is 3.75. The second kappa shape index (κ2) is 6.91. The lowest BCUT2D eigenvalue weighted by Crippen LogP contribution is -2.39. The first kappa shape index (κ1) is 17.3. The number of amides is 1. The highest BCUT2D eigenvalue weighted by Crippen LogP contribution is 2.32. The molecule has 0 aliphatic carbocycles. The Bertz CT molecular complexity index is 1070. The molecule has 0 saturated carbocycles. The van der Waals surface area contributed by atoms with Crippen molar-refractivity contribution in [2.75, 3.05) is 11.5 Å². The van der Waals surface area contributed by atoms with Crippen LogP contribution >= 0.6 is 0 Å². The normalized spacial score (nSPS) is 15.8. The van der Waals surface area contributed by atoms with E-state index in [2.05, 4.69) is 6.07 Å². The van der Waals surface area contributed by atoms with Crippen LogP contribution < -0.4 is 15.3 Å². The van der Waals surface area contributed by atoms with Crippen molar-refractivity contribution in [3.05, 3.63) is 70.1 Å². The number of anilines is 1. The first-order valence-electron chi connectivity index (χ1n) is 9.16. The molecule has 0 bridgehead atoms. The molecule has 5 heteroatoms. The Balaban J connectivity index is 1.53. The fraction of sp³-hybridized carbons (Fsp3) is 0.273. The van der Waals surface area contributed by atoms with Crippen molar-refractivity contribution in [2.24, 2.45) is 0 Å². The van der Waals surface area contributed by atoms with Gasteiger partial charge in [0.05, 0.1) is 0 Å². The lowest BCUT2D eigenvalue weighted by atomic mass is 10.1. The number of carbonyl (C=O) groups is 1. The molecule has 0 saturated heterocycles. The van der Waals surface area contributed by atoms with Crippen molar-refractivity contribution in [3.8, 4) is 5.75 Å². The zero-order valence-electron chi connectivity index (χ0n) is 15.4. The Morgan fingerprint density at radius 3 is 2.85 bits per heavy atom. The number of carbonyl (C=O) groups excluding carboxylic acids is 1. The third-order valence-corrected chi connectivity index (χ3v) is 5.02. The van der Waals surface area contributed by atoms with E-state index in [4.69, 9.17) is 9.15 Å². The lowest BCUT2D eigenvalue weighted by molar-refractivity contribution is -0.120. The Morgan fingerprint density at radius 1 is 1.22 bits per heavy atom. The molecule has 0 spiro atoms. The second-order valence-corrected chi connectivity index (χ2v) is 6.84. The highest BCUT2D eigenvalue weighted by molar-refractivity contribution is 5.97. The standard InChI is InChI=1S/C22H21NO4/c1-3-15-11-22(25)27-20-12-17(8-9-18(15)20)26-13-21(24)23-14(2)10-16-6-4-5-7-19(16)23/h4-9,11-12,14H,3,10,13H2,1-2H3/t14-/m1/s1. The van der Waals surface area contributed by atoms with Gasteiger partial charge >= 0.3 is 5.63 Å². The van der Waals surface area contributed by atoms with Crippen LogP contribution in [0.2, 0.25) is 0 Å². The number of para-hydroxylation sites is 1. The summed E-state index contributed by atoms with van der Waals surface area (Å²) in [5, 5.41) is 0.887. The molecule has 0 fully saturated rings. The molecule has 1 atom stereocenters. The summed E-state index contributed by atoms with van der Waals surface area (Å²) >= 11 is 0. The quantitative estimate of drug-likeness (QED) is 0.663. The predicted octanol–water partition coefficient (Wildman–Crippen LogP) is 3.71. The number of hydrogen-bond acceptors (Lipinski definition) is 4. The number of nitrogens with zero attached hydrogens (tertiary/aromatic N) is 1. The molecular formula is C22H21NO4. The molecule has 2 heterocycles. The molecule has 3 aromatic rings. The fourth-order valence-electron chi connectivity index (χ4n) is 3.75. The molecule has 1 amide bonds. The van der Waals surface area contributed by atoms with Gasteiger partial charge in [-0.25, -0.2) is 4.79 Å². The van der Waals surface area contributed by atoms with Gasteiger partial charge < -0.3 is 14.1 Å². The summed E-state index contributed by atoms with van der Waals surface area (Å²) in [6.45, 7) is 3.96. The first-order valence-corrected chi connectivity index (χ1v) is 9.16. The lowest BCUT2D eigenvalue weighted by Gasteiger charge is -2.22. The molecule has 1 aliphatic rings. The summed E-state index contributed by atoms with van der Waals surface area (Å²) in [5.41, 5.74) is 3.17. The summed E-state index contributed by atoms with van der Waals surface area (Å²) in [7, 11) is 0. The van der Waals surface area contributed by atoms with E-state index in [-0.39, 0.29) is 24.2 Å². The van der Waals surface area contributed by atoms with Crippen LogP contribution in [0.25, 0.3) is 11.0 Å². The van der Waals surface area contributed by atoms with Crippen molar-refractivity contribution >= 4 is 22.6 Å². The Hall–Kier alpha value is -3.08. The van der Waals surface area contributed by atoms with Crippen LogP contribution in [0.3, 0.4) is 0 Å². The molecule has 4 rings (SSSR count). The van der Waals surface area contributed by atoms with E-state index in [0.29, 0.717) is 11.3 Å². The highest BCUT2D eigenvalue weighted by Gasteiger charge is 2.30. The number of benzene rings is 2. The molecule has 0 N–H and O–H groups in total. The van der Waals surface area contributed by atoms with Crippen molar-refractivity contribution in [2.45, 2.75) is 32.7 Å². The van der Waals surface area contributed by atoms with Gasteiger partial charge in [0.25, 0.3) is 5.91 Å². The van der Waals surface area contributed by atoms with Gasteiger partial charge in [-0.2, -0.15) is 0 Å². The van der Waals surface area contributed by atoms with Gasteiger partial charge in [-0.3, -0.25) is 4.79 Å². The van der Waals surface area contributed by atoms with Crippen molar-refractivity contribution < 1.29 is 13.9 Å². The van der Waals surface area contributed by atoms with E-state index in [0.717, 1.165) is 29.5 Å². The molecule has 1 aliphatic heterocycles. The Kier molecular flexibility index (Phi) is 4.44. The molecular weight excluding hydrogens is 342 g/mol. The zero-order chi connectivity index (χ0) is 19.0. The van der Waals surface area contributed by atoms with Gasteiger partial charge in [0.1, 0.15) is 11.3 Å². The Labute approximate surface area is 157 Å². The predicted molar refractivity (Wildman–Crippen MR) is 104 cm³/mol. The summed E-state index contributed by atoms with van der Waals surface area (Å²) in [6.07, 6.45) is 1.59. The van der Waals surface area contributed by atoms with Crippen LogP contribution in [0.5, 0.6) is 5.75 Å². The van der Waals surface area contributed by atoms with Crippen molar-refractivity contribution in [1.29, 1.82) is 0 Å². The average molecular weight is 363 g/mol. The van der Waals surface area contributed by atoms with Crippen molar-refractivity contribution in [3.63, 3.8) is 0 Å². The maximum atomic E-state index is 12.7. The molecule has 1 aromatic heterocycles. The third-order valence-electron chi connectivity index (χ3n) is 5.02. The molecule has 138 valence electrons. The van der Waals surface area contributed by atoms with Gasteiger partial charge in [0.2, 0.25) is 0 Å². The maximum absolute atomic E-state index is 12.7. The van der Waals surface area contributed by atoms with Crippen LogP contribution in [0.1, 0.15) is 25.0 Å². The minimum Gasteiger partial charge on any atom is -0.484 e. The van der Waals surface area contributed by atoms with Gasteiger partial charge in [0, 0.05) is 29.2 Å². The van der Waals surface area contributed by atoms with Crippen molar-refractivity contribution in [1.82, 2.24) is 0 Å². The molecule has 2 aromatic carbocycles. The smallest absolute Gasteiger partial charge is 0.336 e.